The van der Waals surface area contributed by atoms with Gasteiger partial charge >= 0.3 is 5.97 Å². The van der Waals surface area contributed by atoms with E-state index >= 15 is 0 Å². The lowest BCUT2D eigenvalue weighted by molar-refractivity contribution is -0.167. The van der Waals surface area contributed by atoms with Crippen LogP contribution in [0.3, 0.4) is 0 Å². The molecule has 3 heteroatoms. The maximum atomic E-state index is 10.7. The van der Waals surface area contributed by atoms with E-state index in [4.69, 9.17) is 9.84 Å². The van der Waals surface area contributed by atoms with Crippen LogP contribution in [0.4, 0.5) is 0 Å². The zero-order valence-corrected chi connectivity index (χ0v) is 7.18. The number of ether oxygens (including phenoxy) is 1. The van der Waals surface area contributed by atoms with Crippen molar-refractivity contribution in [2.75, 3.05) is 0 Å². The number of hydrogen-bond donors (Lipinski definition) is 1. The van der Waals surface area contributed by atoms with E-state index in [0.717, 1.165) is 6.42 Å². The summed E-state index contributed by atoms with van der Waals surface area (Å²) in [4.78, 5) is 10.7. The molecule has 64 valence electrons. The van der Waals surface area contributed by atoms with Crippen LogP contribution >= 0.6 is 0 Å². The molecule has 3 nitrogen and oxygen atoms in total. The van der Waals surface area contributed by atoms with Gasteiger partial charge in [0.15, 0.2) is 5.60 Å². The molecule has 0 saturated carbocycles. The Labute approximate surface area is 66.4 Å². The maximum absolute atomic E-state index is 10.7. The smallest absolute Gasteiger partial charge is 0.335 e. The molecule has 0 amide bonds. The number of aliphatic carboxylic acids is 1. The SMILES string of the molecule is CC1(C)CCC(C)(C(=O)O)O1. The number of carbonyl (C=O) groups is 1. The fourth-order valence-corrected chi connectivity index (χ4v) is 1.40. The third-order valence-corrected chi connectivity index (χ3v) is 2.16. The molecule has 1 aliphatic rings. The van der Waals surface area contributed by atoms with Gasteiger partial charge in [0.25, 0.3) is 0 Å². The Morgan fingerprint density at radius 1 is 1.36 bits per heavy atom. The minimum atomic E-state index is -0.955. The third kappa shape index (κ3) is 1.53. The molecular formula is C8H14O3. The first kappa shape index (κ1) is 8.53. The third-order valence-electron chi connectivity index (χ3n) is 2.16. The van der Waals surface area contributed by atoms with Crippen LogP contribution in [-0.4, -0.2) is 22.3 Å². The minimum Gasteiger partial charge on any atom is -0.479 e. The van der Waals surface area contributed by atoms with Crippen molar-refractivity contribution in [1.82, 2.24) is 0 Å². The zero-order chi connectivity index (χ0) is 8.70. The summed E-state index contributed by atoms with van der Waals surface area (Å²) in [6.45, 7) is 5.46. The van der Waals surface area contributed by atoms with Gasteiger partial charge in [0.05, 0.1) is 5.60 Å². The summed E-state index contributed by atoms with van der Waals surface area (Å²) in [5.41, 5.74) is -1.23. The van der Waals surface area contributed by atoms with Crippen molar-refractivity contribution < 1.29 is 14.6 Å². The molecule has 0 bridgehead atoms. The van der Waals surface area contributed by atoms with E-state index in [-0.39, 0.29) is 5.60 Å². The van der Waals surface area contributed by atoms with Crippen LogP contribution in [0.1, 0.15) is 33.6 Å². The molecule has 0 spiro atoms. The van der Waals surface area contributed by atoms with Crippen molar-refractivity contribution in [2.45, 2.75) is 44.8 Å². The lowest BCUT2D eigenvalue weighted by Gasteiger charge is -2.23. The number of hydrogen-bond acceptors (Lipinski definition) is 2. The van der Waals surface area contributed by atoms with Crippen LogP contribution in [0.5, 0.6) is 0 Å². The summed E-state index contributed by atoms with van der Waals surface area (Å²) in [6, 6.07) is 0. The molecule has 1 heterocycles. The second kappa shape index (κ2) is 2.21. The molecule has 1 rings (SSSR count). The molecule has 0 aromatic rings. The molecule has 0 aromatic heterocycles. The van der Waals surface area contributed by atoms with Crippen LogP contribution in [-0.2, 0) is 9.53 Å². The molecule has 11 heavy (non-hydrogen) atoms. The molecule has 1 aliphatic heterocycles. The Kier molecular flexibility index (Phi) is 1.71. The van der Waals surface area contributed by atoms with Gasteiger partial charge in [-0.2, -0.15) is 0 Å². The van der Waals surface area contributed by atoms with Gasteiger partial charge in [-0.25, -0.2) is 4.79 Å². The van der Waals surface area contributed by atoms with Gasteiger partial charge in [-0.15, -0.1) is 0 Å². The van der Waals surface area contributed by atoms with Gasteiger partial charge in [-0.05, 0) is 33.6 Å². The van der Waals surface area contributed by atoms with E-state index in [9.17, 15) is 4.79 Å². The highest BCUT2D eigenvalue weighted by molar-refractivity contribution is 5.77. The van der Waals surface area contributed by atoms with E-state index in [2.05, 4.69) is 0 Å². The van der Waals surface area contributed by atoms with E-state index in [1.165, 1.54) is 0 Å². The van der Waals surface area contributed by atoms with Crippen LogP contribution in [0.25, 0.3) is 0 Å². The zero-order valence-electron chi connectivity index (χ0n) is 7.18. The van der Waals surface area contributed by atoms with Crippen LogP contribution < -0.4 is 0 Å². The van der Waals surface area contributed by atoms with E-state index in [0.29, 0.717) is 6.42 Å². The average Bonchev–Trinajstić information content (AvgIpc) is 2.08. The van der Waals surface area contributed by atoms with Crippen molar-refractivity contribution >= 4 is 5.97 Å². The monoisotopic (exact) mass is 158 g/mol. The van der Waals surface area contributed by atoms with Gasteiger partial charge in [-0.3, -0.25) is 0 Å². The minimum absolute atomic E-state index is 0.271. The van der Waals surface area contributed by atoms with Crippen LogP contribution in [0.2, 0.25) is 0 Å². The van der Waals surface area contributed by atoms with E-state index in [1.807, 2.05) is 13.8 Å². The summed E-state index contributed by atoms with van der Waals surface area (Å²) in [6.07, 6.45) is 1.42. The average molecular weight is 158 g/mol. The van der Waals surface area contributed by atoms with Crippen LogP contribution in [0, 0.1) is 0 Å². The van der Waals surface area contributed by atoms with Gasteiger partial charge in [0.1, 0.15) is 0 Å². The number of carboxylic acids is 1. The molecule has 1 atom stereocenters. The highest BCUT2D eigenvalue weighted by atomic mass is 16.6. The highest BCUT2D eigenvalue weighted by Crippen LogP contribution is 2.37. The Hall–Kier alpha value is -0.570. The molecule has 0 aliphatic carbocycles. The van der Waals surface area contributed by atoms with Crippen molar-refractivity contribution in [2.24, 2.45) is 0 Å². The maximum Gasteiger partial charge on any atom is 0.335 e. The largest absolute Gasteiger partial charge is 0.479 e. The fraction of sp³-hybridized carbons (Fsp3) is 0.875. The van der Waals surface area contributed by atoms with Crippen molar-refractivity contribution in [3.8, 4) is 0 Å². The van der Waals surface area contributed by atoms with Gasteiger partial charge in [-0.1, -0.05) is 0 Å². The first-order valence-corrected chi connectivity index (χ1v) is 3.79. The first-order valence-electron chi connectivity index (χ1n) is 3.79. The molecule has 1 unspecified atom stereocenters. The number of carboxylic acid groups (broad SMARTS) is 1. The second-order valence-corrected chi connectivity index (χ2v) is 3.90. The van der Waals surface area contributed by atoms with Gasteiger partial charge in [0, 0.05) is 0 Å². The summed E-state index contributed by atoms with van der Waals surface area (Å²) in [5, 5.41) is 8.78. The van der Waals surface area contributed by atoms with Crippen molar-refractivity contribution in [3.05, 3.63) is 0 Å². The Bertz CT molecular complexity index is 186. The lowest BCUT2D eigenvalue weighted by Crippen LogP contribution is -2.37. The van der Waals surface area contributed by atoms with Crippen molar-refractivity contribution in [1.29, 1.82) is 0 Å². The van der Waals surface area contributed by atoms with Crippen LogP contribution in [0.15, 0.2) is 0 Å². The van der Waals surface area contributed by atoms with E-state index < -0.39 is 11.6 Å². The normalized spacial score (nSPS) is 35.5. The molecule has 1 fully saturated rings. The molecule has 0 radical (unpaired) electrons. The summed E-state index contributed by atoms with van der Waals surface area (Å²) in [7, 11) is 0. The van der Waals surface area contributed by atoms with Gasteiger partial charge in [0.2, 0.25) is 0 Å². The quantitative estimate of drug-likeness (QED) is 0.627. The Balaban J connectivity index is 2.73. The Morgan fingerprint density at radius 2 is 1.91 bits per heavy atom. The number of rotatable bonds is 1. The Morgan fingerprint density at radius 3 is 2.09 bits per heavy atom. The predicted molar refractivity (Wildman–Crippen MR) is 40.4 cm³/mol. The van der Waals surface area contributed by atoms with Gasteiger partial charge < -0.3 is 9.84 Å². The van der Waals surface area contributed by atoms with E-state index in [1.54, 1.807) is 6.92 Å². The second-order valence-electron chi connectivity index (χ2n) is 3.90. The molecule has 1 saturated heterocycles. The summed E-state index contributed by atoms with van der Waals surface area (Å²) in [5.74, 6) is -0.858. The topological polar surface area (TPSA) is 46.5 Å². The molecule has 1 N–H and O–H groups in total. The standard InChI is InChI=1S/C8H14O3/c1-7(2)4-5-8(3,11-7)6(9)10/h4-5H2,1-3H3,(H,9,10). The highest BCUT2D eigenvalue weighted by Gasteiger charge is 2.46. The summed E-state index contributed by atoms with van der Waals surface area (Å²) < 4.78 is 5.40. The molecule has 0 aromatic carbocycles. The fourth-order valence-electron chi connectivity index (χ4n) is 1.40. The summed E-state index contributed by atoms with van der Waals surface area (Å²) >= 11 is 0. The first-order chi connectivity index (χ1) is 4.86. The molecular weight excluding hydrogens is 144 g/mol. The predicted octanol–water partition coefficient (Wildman–Crippen LogP) is 1.42. The lowest BCUT2D eigenvalue weighted by atomic mass is 10.00. The van der Waals surface area contributed by atoms with Crippen molar-refractivity contribution in [3.63, 3.8) is 0 Å².